The molecule has 3 rings (SSSR count). The zero-order valence-electron chi connectivity index (χ0n) is 17.4. The van der Waals surface area contributed by atoms with Crippen LogP contribution in [-0.2, 0) is 11.2 Å². The summed E-state index contributed by atoms with van der Waals surface area (Å²) < 4.78 is 11.4. The lowest BCUT2D eigenvalue weighted by atomic mass is 10.0. The number of amides is 1. The van der Waals surface area contributed by atoms with Crippen molar-refractivity contribution in [3.63, 3.8) is 0 Å². The topological polar surface area (TPSA) is 55.8 Å². The monoisotopic (exact) mass is 395 g/mol. The summed E-state index contributed by atoms with van der Waals surface area (Å²) in [5, 5.41) is 0. The highest BCUT2D eigenvalue weighted by atomic mass is 16.6. The fraction of sp³-hybridized carbons (Fsp3) is 0.417. The van der Waals surface area contributed by atoms with Gasteiger partial charge in [-0.05, 0) is 63.4 Å². The number of Topliss-reactive ketones (excluding diaryl/α,β-unsaturated/α-hetero) is 1. The summed E-state index contributed by atoms with van der Waals surface area (Å²) in [7, 11) is 0. The number of ether oxygens (including phenoxy) is 2. The Bertz CT molecular complexity index is 824. The third-order valence-corrected chi connectivity index (χ3v) is 4.83. The second-order valence-corrected chi connectivity index (χ2v) is 8.39. The summed E-state index contributed by atoms with van der Waals surface area (Å²) in [5.74, 6) is 0.770. The van der Waals surface area contributed by atoms with Gasteiger partial charge in [-0.25, -0.2) is 4.79 Å². The largest absolute Gasteiger partial charge is 0.491 e. The lowest BCUT2D eigenvalue weighted by molar-refractivity contribution is 0.0187. The molecule has 0 spiro atoms. The Balaban J connectivity index is 1.53. The maximum atomic E-state index is 12.4. The van der Waals surface area contributed by atoms with Gasteiger partial charge in [-0.3, -0.25) is 4.79 Å². The predicted molar refractivity (Wildman–Crippen MR) is 112 cm³/mol. The van der Waals surface area contributed by atoms with Crippen molar-refractivity contribution in [1.82, 2.24) is 4.90 Å². The van der Waals surface area contributed by atoms with E-state index in [-0.39, 0.29) is 17.9 Å². The molecule has 1 amide bonds. The number of hydrogen-bond donors (Lipinski definition) is 0. The van der Waals surface area contributed by atoms with Gasteiger partial charge in [0.25, 0.3) is 0 Å². The van der Waals surface area contributed by atoms with E-state index in [0.29, 0.717) is 30.9 Å². The van der Waals surface area contributed by atoms with Crippen molar-refractivity contribution in [2.45, 2.75) is 51.7 Å². The van der Waals surface area contributed by atoms with E-state index in [9.17, 15) is 9.59 Å². The normalized spacial score (nSPS) is 16.5. The summed E-state index contributed by atoms with van der Waals surface area (Å²) in [6.07, 6.45) is 1.94. The molecule has 0 aromatic heterocycles. The number of benzene rings is 2. The molecule has 2 aromatic rings. The van der Waals surface area contributed by atoms with Crippen molar-refractivity contribution >= 4 is 11.9 Å². The van der Waals surface area contributed by atoms with Gasteiger partial charge >= 0.3 is 6.09 Å². The number of carbonyl (C=O) groups is 2. The van der Waals surface area contributed by atoms with Crippen LogP contribution in [0.2, 0.25) is 0 Å². The molecule has 5 heteroatoms. The Kier molecular flexibility index (Phi) is 6.57. The van der Waals surface area contributed by atoms with Crippen LogP contribution in [0.3, 0.4) is 0 Å². The molecule has 29 heavy (non-hydrogen) atoms. The summed E-state index contributed by atoms with van der Waals surface area (Å²) in [6, 6.07) is 16.9. The first-order chi connectivity index (χ1) is 13.8. The Morgan fingerprint density at radius 3 is 2.38 bits per heavy atom. The van der Waals surface area contributed by atoms with Crippen LogP contribution in [0.15, 0.2) is 54.6 Å². The smallest absolute Gasteiger partial charge is 0.410 e. The average molecular weight is 395 g/mol. The number of ketones is 1. The molecule has 1 atom stereocenters. The molecule has 1 heterocycles. The van der Waals surface area contributed by atoms with Crippen LogP contribution >= 0.6 is 0 Å². The summed E-state index contributed by atoms with van der Waals surface area (Å²) in [5.41, 5.74) is 1.16. The van der Waals surface area contributed by atoms with Crippen LogP contribution < -0.4 is 4.74 Å². The fourth-order valence-electron chi connectivity index (χ4n) is 3.38. The quantitative estimate of drug-likeness (QED) is 0.654. The van der Waals surface area contributed by atoms with Gasteiger partial charge in [0.1, 0.15) is 18.0 Å². The van der Waals surface area contributed by atoms with E-state index in [4.69, 9.17) is 9.47 Å². The van der Waals surface area contributed by atoms with Crippen molar-refractivity contribution in [1.29, 1.82) is 0 Å². The average Bonchev–Trinajstić information content (AvgIpc) is 3.15. The van der Waals surface area contributed by atoms with Crippen molar-refractivity contribution in [2.75, 3.05) is 13.2 Å². The lowest BCUT2D eigenvalue weighted by Crippen LogP contribution is -2.42. The number of nitrogens with zero attached hydrogens (tertiary/aromatic N) is 1. The number of carbonyl (C=O) groups excluding carboxylic acids is 2. The molecule has 1 saturated heterocycles. The molecule has 0 N–H and O–H groups in total. The zero-order chi connectivity index (χ0) is 20.9. The second kappa shape index (κ2) is 9.12. The van der Waals surface area contributed by atoms with Crippen molar-refractivity contribution in [3.8, 4) is 5.75 Å². The van der Waals surface area contributed by atoms with Gasteiger partial charge in [0, 0.05) is 18.5 Å². The highest BCUT2D eigenvalue weighted by Crippen LogP contribution is 2.22. The predicted octanol–water partition coefficient (Wildman–Crippen LogP) is 4.89. The van der Waals surface area contributed by atoms with E-state index in [1.807, 2.05) is 63.2 Å². The molecule has 154 valence electrons. The molecule has 0 unspecified atom stereocenters. The molecule has 1 aliphatic heterocycles. The highest BCUT2D eigenvalue weighted by molar-refractivity contribution is 5.97. The molecule has 2 aromatic carbocycles. The third-order valence-electron chi connectivity index (χ3n) is 4.83. The van der Waals surface area contributed by atoms with Gasteiger partial charge in [-0.1, -0.05) is 30.3 Å². The minimum absolute atomic E-state index is 0.00393. The molecule has 1 fully saturated rings. The van der Waals surface area contributed by atoms with Crippen molar-refractivity contribution in [2.24, 2.45) is 0 Å². The number of hydrogen-bond acceptors (Lipinski definition) is 4. The number of rotatable bonds is 6. The van der Waals surface area contributed by atoms with E-state index in [2.05, 4.69) is 0 Å². The molecule has 0 radical (unpaired) electrons. The standard InChI is InChI=1S/C24H29NO4/c1-24(2,3)29-23(27)25-15-7-10-20(25)17-28-21-13-11-19(12-14-21)22(26)16-18-8-5-4-6-9-18/h4-6,8-9,11-14,20H,7,10,15-17H2,1-3H3/t20-/m1/s1. The second-order valence-electron chi connectivity index (χ2n) is 8.39. The molecule has 0 saturated carbocycles. The maximum Gasteiger partial charge on any atom is 0.410 e. The van der Waals surface area contributed by atoms with E-state index in [0.717, 1.165) is 18.4 Å². The Labute approximate surface area is 172 Å². The Hall–Kier alpha value is -2.82. The Morgan fingerprint density at radius 2 is 1.72 bits per heavy atom. The van der Waals surface area contributed by atoms with Crippen LogP contribution in [0.5, 0.6) is 5.75 Å². The number of likely N-dealkylation sites (tertiary alicyclic amines) is 1. The first-order valence-electron chi connectivity index (χ1n) is 10.1. The van der Waals surface area contributed by atoms with E-state index < -0.39 is 5.60 Å². The van der Waals surface area contributed by atoms with Crippen molar-refractivity contribution in [3.05, 3.63) is 65.7 Å². The zero-order valence-corrected chi connectivity index (χ0v) is 17.4. The molecule has 5 nitrogen and oxygen atoms in total. The van der Waals surface area contributed by atoms with Gasteiger partial charge < -0.3 is 14.4 Å². The van der Waals surface area contributed by atoms with Gasteiger partial charge in [0.05, 0.1) is 6.04 Å². The van der Waals surface area contributed by atoms with Crippen LogP contribution in [-0.4, -0.2) is 41.6 Å². The molecule has 1 aliphatic rings. The van der Waals surface area contributed by atoms with Crippen LogP contribution in [0.4, 0.5) is 4.79 Å². The van der Waals surface area contributed by atoms with Gasteiger partial charge in [0.2, 0.25) is 0 Å². The van der Waals surface area contributed by atoms with E-state index >= 15 is 0 Å². The molecule has 0 aliphatic carbocycles. The van der Waals surface area contributed by atoms with Crippen LogP contribution in [0.25, 0.3) is 0 Å². The fourth-order valence-corrected chi connectivity index (χ4v) is 3.38. The molecular weight excluding hydrogens is 366 g/mol. The van der Waals surface area contributed by atoms with Gasteiger partial charge in [-0.2, -0.15) is 0 Å². The minimum Gasteiger partial charge on any atom is -0.491 e. The molecule has 0 bridgehead atoms. The van der Waals surface area contributed by atoms with Gasteiger partial charge in [-0.15, -0.1) is 0 Å². The first-order valence-corrected chi connectivity index (χ1v) is 10.1. The van der Waals surface area contributed by atoms with Gasteiger partial charge in [0.15, 0.2) is 5.78 Å². The highest BCUT2D eigenvalue weighted by Gasteiger charge is 2.32. The summed E-state index contributed by atoms with van der Waals surface area (Å²) >= 11 is 0. The summed E-state index contributed by atoms with van der Waals surface area (Å²) in [6.45, 7) is 6.71. The SMILES string of the molecule is CC(C)(C)OC(=O)N1CCC[C@@H]1COc1ccc(C(=O)Cc2ccccc2)cc1. The first kappa shape index (κ1) is 20.9. The van der Waals surface area contributed by atoms with E-state index in [1.54, 1.807) is 17.0 Å². The Morgan fingerprint density at radius 1 is 1.03 bits per heavy atom. The van der Waals surface area contributed by atoms with E-state index in [1.165, 1.54) is 0 Å². The van der Waals surface area contributed by atoms with Crippen molar-refractivity contribution < 1.29 is 19.1 Å². The van der Waals surface area contributed by atoms with Crippen LogP contribution in [0, 0.1) is 0 Å². The summed E-state index contributed by atoms with van der Waals surface area (Å²) in [4.78, 5) is 26.5. The van der Waals surface area contributed by atoms with Crippen LogP contribution in [0.1, 0.15) is 49.5 Å². The molecular formula is C24H29NO4. The minimum atomic E-state index is -0.507. The maximum absolute atomic E-state index is 12.4. The lowest BCUT2D eigenvalue weighted by Gasteiger charge is -2.28. The third kappa shape index (κ3) is 6.08.